The lowest BCUT2D eigenvalue weighted by Crippen LogP contribution is -2.46. The lowest BCUT2D eigenvalue weighted by molar-refractivity contribution is 1.48. The summed E-state index contributed by atoms with van der Waals surface area (Å²) in [5.41, 5.74) is 2.73. The van der Waals surface area contributed by atoms with Crippen LogP contribution in [-0.2, 0) is 0 Å². The Labute approximate surface area is 108 Å². The molecule has 0 aliphatic heterocycles. The summed E-state index contributed by atoms with van der Waals surface area (Å²) < 4.78 is 0. The van der Waals surface area contributed by atoms with Gasteiger partial charge in [0.2, 0.25) is 0 Å². The molecule has 0 aromatic heterocycles. The van der Waals surface area contributed by atoms with E-state index in [-0.39, 0.29) is 9.04 Å². The molecule has 17 heavy (non-hydrogen) atoms. The first-order valence-corrected chi connectivity index (χ1v) is 12.2. The topological polar surface area (TPSA) is 0 Å². The van der Waals surface area contributed by atoms with Crippen LogP contribution in [-0.4, -0.2) is 17.4 Å². The van der Waals surface area contributed by atoms with Gasteiger partial charge in [-0.05, 0) is 13.8 Å². The van der Waals surface area contributed by atoms with Crippen molar-refractivity contribution in [1.29, 1.82) is 0 Å². The molecule has 0 saturated carbocycles. The molecule has 88 valence electrons. The fourth-order valence-corrected chi connectivity index (χ4v) is 9.36. The van der Waals surface area contributed by atoms with E-state index < -0.39 is 8.31 Å². The molecule has 2 aromatic rings. The molecular formula is C15H20Si2. The van der Waals surface area contributed by atoms with Crippen molar-refractivity contribution in [2.24, 2.45) is 0 Å². The van der Waals surface area contributed by atoms with Crippen LogP contribution in [0, 0.1) is 13.8 Å². The van der Waals surface area contributed by atoms with Crippen molar-refractivity contribution in [3.05, 3.63) is 59.7 Å². The van der Waals surface area contributed by atoms with Gasteiger partial charge in [-0.3, -0.25) is 0 Å². The second-order valence-electron chi connectivity index (χ2n) is 4.78. The monoisotopic (exact) mass is 256 g/mol. The lowest BCUT2D eigenvalue weighted by atomic mass is 10.2. The molecule has 0 nitrogen and oxygen atoms in total. The Kier molecular flexibility index (Phi) is 3.97. The highest BCUT2D eigenvalue weighted by molar-refractivity contribution is 7.25. The largest absolute Gasteiger partial charge is 0.0887 e. The molecule has 2 heteroatoms. The summed E-state index contributed by atoms with van der Waals surface area (Å²) in [7, 11) is -0.786. The zero-order valence-electron chi connectivity index (χ0n) is 10.9. The molecule has 0 atom stereocenters. The normalized spacial score (nSPS) is 11.5. The van der Waals surface area contributed by atoms with Crippen LogP contribution in [0.2, 0.25) is 6.55 Å². The Morgan fingerprint density at radius 3 is 1.35 bits per heavy atom. The zero-order chi connectivity index (χ0) is 12.3. The van der Waals surface area contributed by atoms with Crippen LogP contribution in [0.3, 0.4) is 0 Å². The van der Waals surface area contributed by atoms with Crippen LogP contribution in [0.1, 0.15) is 11.1 Å². The zero-order valence-corrected chi connectivity index (χ0v) is 13.5. The van der Waals surface area contributed by atoms with Crippen molar-refractivity contribution in [1.82, 2.24) is 0 Å². The van der Waals surface area contributed by atoms with Gasteiger partial charge >= 0.3 is 0 Å². The molecule has 0 heterocycles. The molecule has 0 unspecified atom stereocenters. The summed E-state index contributed by atoms with van der Waals surface area (Å²) in [4.78, 5) is 0. The molecule has 0 bridgehead atoms. The molecular weight excluding hydrogens is 236 g/mol. The maximum absolute atomic E-state index is 2.45. The third-order valence-corrected chi connectivity index (χ3v) is 11.8. The number of hydrogen-bond acceptors (Lipinski definition) is 0. The minimum absolute atomic E-state index is 0.0457. The maximum atomic E-state index is 2.45. The number of rotatable bonds is 3. The lowest BCUT2D eigenvalue weighted by Gasteiger charge is -2.14. The summed E-state index contributed by atoms with van der Waals surface area (Å²) in [6, 6.07) is 18.4. The molecule has 0 aliphatic carbocycles. The van der Waals surface area contributed by atoms with E-state index in [1.807, 2.05) is 0 Å². The Morgan fingerprint density at radius 1 is 0.706 bits per heavy atom. The van der Waals surface area contributed by atoms with Gasteiger partial charge in [-0.25, -0.2) is 0 Å². The van der Waals surface area contributed by atoms with Crippen LogP contribution < -0.4 is 10.4 Å². The van der Waals surface area contributed by atoms with Crippen LogP contribution in [0.15, 0.2) is 48.5 Å². The Bertz CT molecular complexity index is 426. The van der Waals surface area contributed by atoms with Gasteiger partial charge in [0.1, 0.15) is 0 Å². The van der Waals surface area contributed by atoms with Crippen molar-refractivity contribution >= 4 is 27.7 Å². The first kappa shape index (κ1) is 12.3. The van der Waals surface area contributed by atoms with Gasteiger partial charge in [0, 0.05) is 9.04 Å². The molecule has 0 N–H and O–H groups in total. The van der Waals surface area contributed by atoms with E-state index in [0.717, 1.165) is 0 Å². The van der Waals surface area contributed by atoms with E-state index in [0.29, 0.717) is 0 Å². The molecule has 0 fully saturated rings. The second kappa shape index (κ2) is 5.47. The van der Waals surface area contributed by atoms with Gasteiger partial charge in [0.05, 0.1) is 8.31 Å². The van der Waals surface area contributed by atoms with Gasteiger partial charge < -0.3 is 0 Å². The molecule has 0 spiro atoms. The van der Waals surface area contributed by atoms with E-state index >= 15 is 0 Å². The Balaban J connectivity index is 2.33. The average Bonchev–Trinajstić information content (AvgIpc) is 2.35. The smallest absolute Gasteiger partial charge is 0.0763 e. The van der Waals surface area contributed by atoms with Crippen LogP contribution in [0.5, 0.6) is 0 Å². The molecule has 0 aliphatic rings. The van der Waals surface area contributed by atoms with Crippen molar-refractivity contribution < 1.29 is 0 Å². The van der Waals surface area contributed by atoms with Crippen LogP contribution in [0.4, 0.5) is 0 Å². The second-order valence-corrected chi connectivity index (χ2v) is 12.9. The van der Waals surface area contributed by atoms with E-state index in [2.05, 4.69) is 68.9 Å². The van der Waals surface area contributed by atoms with Gasteiger partial charge in [0.25, 0.3) is 0 Å². The van der Waals surface area contributed by atoms with Gasteiger partial charge in [-0.2, -0.15) is 0 Å². The Hall–Kier alpha value is -1.13. The average molecular weight is 256 g/mol. The van der Waals surface area contributed by atoms with Crippen molar-refractivity contribution in [3.63, 3.8) is 0 Å². The predicted octanol–water partition coefficient (Wildman–Crippen LogP) is 1.36. The van der Waals surface area contributed by atoms with Gasteiger partial charge in [-0.1, -0.05) is 76.6 Å². The summed E-state index contributed by atoms with van der Waals surface area (Å²) in [6.07, 6.45) is 0. The fraction of sp³-hybridized carbons (Fsp3) is 0.200. The number of hydrogen-bond donors (Lipinski definition) is 0. The number of benzene rings is 2. The summed E-state index contributed by atoms with van der Waals surface area (Å²) >= 11 is 0. The molecule has 0 amide bonds. The van der Waals surface area contributed by atoms with Crippen molar-refractivity contribution in [2.45, 2.75) is 20.4 Å². The highest BCUT2D eigenvalue weighted by atomic mass is 29.2. The predicted molar refractivity (Wildman–Crippen MR) is 83.2 cm³/mol. The van der Waals surface area contributed by atoms with Crippen molar-refractivity contribution in [2.75, 3.05) is 0 Å². The first-order valence-electron chi connectivity index (χ1n) is 6.34. The molecule has 2 aromatic carbocycles. The minimum Gasteiger partial charge on any atom is -0.0763 e. The van der Waals surface area contributed by atoms with E-state index in [1.165, 1.54) is 11.1 Å². The summed E-state index contributed by atoms with van der Waals surface area (Å²) in [5.74, 6) is 0. The third-order valence-electron chi connectivity index (χ3n) is 3.37. The highest BCUT2D eigenvalue weighted by Gasteiger charge is 2.13. The van der Waals surface area contributed by atoms with Crippen LogP contribution >= 0.6 is 0 Å². The maximum Gasteiger partial charge on any atom is 0.0887 e. The SMILES string of the molecule is C[SiH2][SiH](c1ccc(C)cc1)c1ccc(C)cc1. The third kappa shape index (κ3) is 2.96. The quantitative estimate of drug-likeness (QED) is 0.728. The van der Waals surface area contributed by atoms with E-state index in [9.17, 15) is 0 Å². The van der Waals surface area contributed by atoms with Crippen molar-refractivity contribution in [3.8, 4) is 0 Å². The highest BCUT2D eigenvalue weighted by Crippen LogP contribution is 1.98. The number of aryl methyl sites for hydroxylation is 2. The summed E-state index contributed by atoms with van der Waals surface area (Å²) in [6.45, 7) is 6.78. The standard InChI is InChI=1S/C15H20Si2/c1-12-4-8-14(9-5-12)17(16-3)15-10-6-13(2)7-11-15/h4-11,17H,16H2,1-3H3. The van der Waals surface area contributed by atoms with Gasteiger partial charge in [0.15, 0.2) is 0 Å². The van der Waals surface area contributed by atoms with Crippen LogP contribution in [0.25, 0.3) is 0 Å². The van der Waals surface area contributed by atoms with Gasteiger partial charge in [-0.15, -0.1) is 0 Å². The Morgan fingerprint density at radius 2 is 1.06 bits per heavy atom. The first-order chi connectivity index (χ1) is 8.20. The fourth-order valence-electron chi connectivity index (χ4n) is 2.26. The molecule has 0 radical (unpaired) electrons. The molecule has 0 saturated heterocycles. The van der Waals surface area contributed by atoms with E-state index in [4.69, 9.17) is 0 Å². The molecule has 2 rings (SSSR count). The van der Waals surface area contributed by atoms with E-state index in [1.54, 1.807) is 10.4 Å². The summed E-state index contributed by atoms with van der Waals surface area (Å²) in [5, 5.41) is 3.24. The minimum atomic E-state index is -0.832.